The van der Waals surface area contributed by atoms with E-state index in [1.807, 2.05) is 13.8 Å². The summed E-state index contributed by atoms with van der Waals surface area (Å²) in [5, 5.41) is 0. The van der Waals surface area contributed by atoms with E-state index in [0.29, 0.717) is 23.4 Å². The first-order valence-electron chi connectivity index (χ1n) is 7.01. The highest BCUT2D eigenvalue weighted by molar-refractivity contribution is 5.68. The summed E-state index contributed by atoms with van der Waals surface area (Å²) in [4.78, 5) is 10.7. The van der Waals surface area contributed by atoms with Crippen molar-refractivity contribution in [2.45, 2.75) is 40.2 Å². The van der Waals surface area contributed by atoms with Crippen molar-refractivity contribution in [3.8, 4) is 5.88 Å². The fourth-order valence-electron chi connectivity index (χ4n) is 2.46. The van der Waals surface area contributed by atoms with Crippen molar-refractivity contribution in [1.29, 1.82) is 0 Å². The summed E-state index contributed by atoms with van der Waals surface area (Å²) in [6, 6.07) is 0. The minimum absolute atomic E-state index is 0.0621. The Kier molecular flexibility index (Phi) is 4.12. The van der Waals surface area contributed by atoms with Crippen LogP contribution in [0.15, 0.2) is 6.33 Å². The molecule has 1 aromatic rings. The Morgan fingerprint density at radius 2 is 2.05 bits per heavy atom. The Morgan fingerprint density at radius 3 is 2.63 bits per heavy atom. The Hall–Kier alpha value is -1.52. The minimum Gasteiger partial charge on any atom is -0.473 e. The average molecular weight is 264 g/mol. The van der Waals surface area contributed by atoms with Gasteiger partial charge >= 0.3 is 0 Å². The lowest BCUT2D eigenvalue weighted by Gasteiger charge is -2.21. The van der Waals surface area contributed by atoms with Crippen molar-refractivity contribution in [2.75, 3.05) is 23.7 Å². The SMILES string of the molecule is CC(C)Oc1ncnc(N2CCC(C(C)C)C2)c1N. The van der Waals surface area contributed by atoms with E-state index >= 15 is 0 Å². The second kappa shape index (κ2) is 5.63. The van der Waals surface area contributed by atoms with Crippen LogP contribution in [0.1, 0.15) is 34.1 Å². The molecule has 106 valence electrons. The quantitative estimate of drug-likeness (QED) is 0.904. The zero-order valence-corrected chi connectivity index (χ0v) is 12.3. The van der Waals surface area contributed by atoms with E-state index in [4.69, 9.17) is 10.5 Å². The average Bonchev–Trinajstić information content (AvgIpc) is 2.80. The fraction of sp³-hybridized carbons (Fsp3) is 0.714. The largest absolute Gasteiger partial charge is 0.473 e. The van der Waals surface area contributed by atoms with Crippen LogP contribution < -0.4 is 15.4 Å². The van der Waals surface area contributed by atoms with Crippen molar-refractivity contribution < 1.29 is 4.74 Å². The van der Waals surface area contributed by atoms with Crippen LogP contribution in [0.4, 0.5) is 11.5 Å². The second-order valence-corrected chi connectivity index (χ2v) is 5.82. The molecule has 1 saturated heterocycles. The lowest BCUT2D eigenvalue weighted by Crippen LogP contribution is -2.24. The maximum absolute atomic E-state index is 6.14. The summed E-state index contributed by atoms with van der Waals surface area (Å²) in [5.74, 6) is 2.71. The normalized spacial score (nSPS) is 19.5. The third-order valence-corrected chi connectivity index (χ3v) is 3.64. The van der Waals surface area contributed by atoms with Gasteiger partial charge in [-0.2, -0.15) is 4.98 Å². The summed E-state index contributed by atoms with van der Waals surface area (Å²) < 4.78 is 5.62. The van der Waals surface area contributed by atoms with Crippen LogP contribution in [0.2, 0.25) is 0 Å². The van der Waals surface area contributed by atoms with E-state index in [2.05, 4.69) is 28.7 Å². The molecule has 1 aliphatic rings. The van der Waals surface area contributed by atoms with E-state index < -0.39 is 0 Å². The van der Waals surface area contributed by atoms with Crippen molar-refractivity contribution in [2.24, 2.45) is 11.8 Å². The Bertz CT molecular complexity index is 433. The van der Waals surface area contributed by atoms with Crippen molar-refractivity contribution >= 4 is 11.5 Å². The van der Waals surface area contributed by atoms with Crippen LogP contribution in [-0.2, 0) is 0 Å². The number of anilines is 2. The molecule has 0 aromatic carbocycles. The first kappa shape index (κ1) is 13.9. The molecular weight excluding hydrogens is 240 g/mol. The maximum Gasteiger partial charge on any atom is 0.242 e. The first-order valence-corrected chi connectivity index (χ1v) is 7.01. The second-order valence-electron chi connectivity index (χ2n) is 5.82. The number of nitrogens with zero attached hydrogens (tertiary/aromatic N) is 3. The zero-order chi connectivity index (χ0) is 14.0. The number of nitrogen functional groups attached to an aromatic ring is 1. The topological polar surface area (TPSA) is 64.3 Å². The van der Waals surface area contributed by atoms with Crippen LogP contribution >= 0.6 is 0 Å². The smallest absolute Gasteiger partial charge is 0.242 e. The van der Waals surface area contributed by atoms with E-state index in [1.165, 1.54) is 12.7 Å². The molecule has 0 radical (unpaired) electrons. The third-order valence-electron chi connectivity index (χ3n) is 3.64. The number of nitrogens with two attached hydrogens (primary N) is 1. The van der Waals surface area contributed by atoms with Crippen molar-refractivity contribution in [1.82, 2.24) is 9.97 Å². The highest BCUT2D eigenvalue weighted by atomic mass is 16.5. The molecule has 2 heterocycles. The van der Waals surface area contributed by atoms with Crippen molar-refractivity contribution in [3.05, 3.63) is 6.33 Å². The molecule has 0 spiro atoms. The first-order chi connectivity index (χ1) is 8.99. The van der Waals surface area contributed by atoms with E-state index in [1.54, 1.807) is 0 Å². The lowest BCUT2D eigenvalue weighted by atomic mass is 9.95. The standard InChI is InChI=1S/C14H24N4O/c1-9(2)11-5-6-18(7-11)13-12(15)14(17-8-16-13)19-10(3)4/h8-11H,5-7,15H2,1-4H3. The van der Waals surface area contributed by atoms with Gasteiger partial charge in [0.05, 0.1) is 6.10 Å². The summed E-state index contributed by atoms with van der Waals surface area (Å²) in [6.45, 7) is 10.5. The summed E-state index contributed by atoms with van der Waals surface area (Å²) in [5.41, 5.74) is 6.70. The fourth-order valence-corrected chi connectivity index (χ4v) is 2.46. The van der Waals surface area contributed by atoms with Gasteiger partial charge in [0, 0.05) is 13.1 Å². The molecule has 0 saturated carbocycles. The molecule has 19 heavy (non-hydrogen) atoms. The molecule has 1 atom stereocenters. The van der Waals surface area contributed by atoms with Crippen LogP contribution in [-0.4, -0.2) is 29.2 Å². The number of rotatable bonds is 4. The van der Waals surface area contributed by atoms with E-state index in [-0.39, 0.29) is 6.10 Å². The van der Waals surface area contributed by atoms with Gasteiger partial charge in [0.1, 0.15) is 12.0 Å². The van der Waals surface area contributed by atoms with Crippen molar-refractivity contribution in [3.63, 3.8) is 0 Å². The van der Waals surface area contributed by atoms with Gasteiger partial charge in [-0.05, 0) is 32.1 Å². The Balaban J connectivity index is 2.17. The van der Waals surface area contributed by atoms with Gasteiger partial charge in [-0.3, -0.25) is 0 Å². The van der Waals surface area contributed by atoms with E-state index in [0.717, 1.165) is 18.9 Å². The monoisotopic (exact) mass is 264 g/mol. The van der Waals surface area contributed by atoms with Crippen LogP contribution in [0.25, 0.3) is 0 Å². The van der Waals surface area contributed by atoms with Crippen LogP contribution in [0.5, 0.6) is 5.88 Å². The van der Waals surface area contributed by atoms with Gasteiger partial charge < -0.3 is 15.4 Å². The molecule has 5 heteroatoms. The number of hydrogen-bond acceptors (Lipinski definition) is 5. The van der Waals surface area contributed by atoms with Gasteiger partial charge in [-0.1, -0.05) is 13.8 Å². The zero-order valence-electron chi connectivity index (χ0n) is 12.3. The van der Waals surface area contributed by atoms with Gasteiger partial charge in [0.15, 0.2) is 5.82 Å². The predicted octanol–water partition coefficient (Wildman–Crippen LogP) is 2.33. The highest BCUT2D eigenvalue weighted by Gasteiger charge is 2.27. The maximum atomic E-state index is 6.14. The van der Waals surface area contributed by atoms with Gasteiger partial charge in [-0.25, -0.2) is 4.98 Å². The highest BCUT2D eigenvalue weighted by Crippen LogP contribution is 2.33. The van der Waals surface area contributed by atoms with Gasteiger partial charge in [0.2, 0.25) is 5.88 Å². The molecule has 0 amide bonds. The van der Waals surface area contributed by atoms with E-state index in [9.17, 15) is 0 Å². The van der Waals surface area contributed by atoms with Crippen LogP contribution in [0, 0.1) is 11.8 Å². The predicted molar refractivity (Wildman–Crippen MR) is 77.4 cm³/mol. The molecule has 0 bridgehead atoms. The van der Waals surface area contributed by atoms with Crippen LogP contribution in [0.3, 0.4) is 0 Å². The third kappa shape index (κ3) is 3.08. The molecule has 0 aliphatic carbocycles. The molecule has 1 fully saturated rings. The number of hydrogen-bond donors (Lipinski definition) is 1. The minimum atomic E-state index is 0.0621. The lowest BCUT2D eigenvalue weighted by molar-refractivity contribution is 0.234. The summed E-state index contributed by atoms with van der Waals surface area (Å²) >= 11 is 0. The molecule has 5 nitrogen and oxygen atoms in total. The molecule has 1 aliphatic heterocycles. The molecule has 2 rings (SSSR count). The molecule has 1 aromatic heterocycles. The Labute approximate surface area is 115 Å². The molecular formula is C14H24N4O. The Morgan fingerprint density at radius 1 is 1.32 bits per heavy atom. The van der Waals surface area contributed by atoms with Gasteiger partial charge in [0.25, 0.3) is 0 Å². The van der Waals surface area contributed by atoms with Gasteiger partial charge in [-0.15, -0.1) is 0 Å². The summed E-state index contributed by atoms with van der Waals surface area (Å²) in [7, 11) is 0. The molecule has 2 N–H and O–H groups in total. The number of aromatic nitrogens is 2. The number of ether oxygens (including phenoxy) is 1. The molecule has 1 unspecified atom stereocenters. The summed E-state index contributed by atoms with van der Waals surface area (Å²) in [6.07, 6.45) is 2.79.